The molecule has 1 saturated carbocycles. The first-order valence-electron chi connectivity index (χ1n) is 15.6. The van der Waals surface area contributed by atoms with E-state index in [0.717, 1.165) is 30.9 Å². The Hall–Kier alpha value is -3.95. The molecule has 250 valence electrons. The lowest BCUT2D eigenvalue weighted by Crippen LogP contribution is -2.25. The molecule has 0 N–H and O–H groups in total. The predicted molar refractivity (Wildman–Crippen MR) is 161 cm³/mol. The van der Waals surface area contributed by atoms with Gasteiger partial charge in [0.2, 0.25) is 0 Å². The second-order valence-corrected chi connectivity index (χ2v) is 12.2. The zero-order valence-electron chi connectivity index (χ0n) is 25.6. The first-order chi connectivity index (χ1) is 22.4. The summed E-state index contributed by atoms with van der Waals surface area (Å²) in [5, 5.41) is 0. The number of rotatable bonds is 11. The number of unbranched alkanes of at least 4 members (excludes halogenated alkanes) is 2. The Morgan fingerprint density at radius 3 is 1.79 bits per heavy atom. The molecular formula is C37H33F9O. The largest absolute Gasteiger partial charge is 0.432 e. The highest BCUT2D eigenvalue weighted by Crippen LogP contribution is 2.39. The Kier molecular flexibility index (Phi) is 10.6. The third-order valence-electron chi connectivity index (χ3n) is 8.90. The van der Waals surface area contributed by atoms with Gasteiger partial charge in [-0.2, -0.15) is 8.78 Å². The van der Waals surface area contributed by atoms with E-state index in [-0.39, 0.29) is 23.3 Å². The number of alkyl halides is 2. The normalized spacial score (nSPS) is 16.8. The van der Waals surface area contributed by atoms with Crippen molar-refractivity contribution in [1.29, 1.82) is 0 Å². The molecule has 1 nitrogen and oxygen atoms in total. The fourth-order valence-corrected chi connectivity index (χ4v) is 6.35. The van der Waals surface area contributed by atoms with Gasteiger partial charge in [-0.3, -0.25) is 0 Å². The van der Waals surface area contributed by atoms with Crippen molar-refractivity contribution < 1.29 is 44.3 Å². The molecule has 1 fully saturated rings. The lowest BCUT2D eigenvalue weighted by atomic mass is 9.77. The summed E-state index contributed by atoms with van der Waals surface area (Å²) >= 11 is 0. The molecule has 0 heterocycles. The summed E-state index contributed by atoms with van der Waals surface area (Å²) in [5.41, 5.74) is -0.796. The molecule has 0 radical (unpaired) electrons. The summed E-state index contributed by atoms with van der Waals surface area (Å²) in [6.45, 7) is 2.20. The van der Waals surface area contributed by atoms with Gasteiger partial charge in [-0.1, -0.05) is 56.9 Å². The van der Waals surface area contributed by atoms with Crippen molar-refractivity contribution in [1.82, 2.24) is 0 Å². The van der Waals surface area contributed by atoms with E-state index < -0.39 is 70.1 Å². The van der Waals surface area contributed by atoms with Crippen LogP contribution in [0.4, 0.5) is 39.5 Å². The highest BCUT2D eigenvalue weighted by atomic mass is 19.3. The van der Waals surface area contributed by atoms with Crippen LogP contribution in [0.3, 0.4) is 0 Å². The number of hydrogen-bond acceptors (Lipinski definition) is 1. The molecule has 0 bridgehead atoms. The minimum atomic E-state index is -4.79. The number of halogens is 9. The maximum absolute atomic E-state index is 15.2. The Morgan fingerprint density at radius 1 is 0.660 bits per heavy atom. The molecule has 47 heavy (non-hydrogen) atoms. The fraction of sp³-hybridized carbons (Fsp3) is 0.351. The van der Waals surface area contributed by atoms with Gasteiger partial charge in [-0.05, 0) is 84.0 Å². The third kappa shape index (κ3) is 7.96. The molecule has 0 unspecified atom stereocenters. The van der Waals surface area contributed by atoms with Crippen molar-refractivity contribution in [2.75, 3.05) is 0 Å². The van der Waals surface area contributed by atoms with Crippen LogP contribution in [0, 0.1) is 46.6 Å². The van der Waals surface area contributed by atoms with Gasteiger partial charge >= 0.3 is 6.11 Å². The predicted octanol–water partition coefficient (Wildman–Crippen LogP) is 11.9. The van der Waals surface area contributed by atoms with Crippen molar-refractivity contribution >= 4 is 0 Å². The van der Waals surface area contributed by atoms with Crippen LogP contribution in [0.2, 0.25) is 0 Å². The molecule has 0 aromatic heterocycles. The van der Waals surface area contributed by atoms with Gasteiger partial charge < -0.3 is 4.74 Å². The summed E-state index contributed by atoms with van der Waals surface area (Å²) in [7, 11) is 0. The smallest absolute Gasteiger partial charge is 0.429 e. The monoisotopic (exact) mass is 664 g/mol. The van der Waals surface area contributed by atoms with E-state index in [4.69, 9.17) is 0 Å². The topological polar surface area (TPSA) is 9.23 Å². The van der Waals surface area contributed by atoms with E-state index in [1.807, 2.05) is 12.1 Å². The van der Waals surface area contributed by atoms with Gasteiger partial charge in [0.15, 0.2) is 17.5 Å². The molecule has 4 aromatic rings. The van der Waals surface area contributed by atoms with Gasteiger partial charge in [-0.25, -0.2) is 30.7 Å². The summed E-state index contributed by atoms with van der Waals surface area (Å²) in [5.74, 6) is -11.3. The van der Waals surface area contributed by atoms with E-state index in [2.05, 4.69) is 11.7 Å². The molecule has 10 heteroatoms. The molecule has 0 aliphatic heterocycles. The molecule has 0 amide bonds. The second-order valence-electron chi connectivity index (χ2n) is 12.2. The van der Waals surface area contributed by atoms with E-state index in [1.165, 1.54) is 44.1 Å². The van der Waals surface area contributed by atoms with Crippen molar-refractivity contribution in [2.45, 2.75) is 76.7 Å². The van der Waals surface area contributed by atoms with Gasteiger partial charge in [0.1, 0.15) is 34.6 Å². The standard InChI is InChI=1S/C37H33F9O/c1-2-3-4-5-21-6-8-23(9-7-21)24-10-12-25(13-11-24)26-17-29(38)28(30(39)18-26)14-22-15-31(40)35(32(41)16-22)37(45,46)47-27-19-33(42)36(44)34(43)20-27/h10-13,15-21,23H,2-9,14H2,1H3. The average molecular weight is 665 g/mol. The maximum atomic E-state index is 15.2. The van der Waals surface area contributed by atoms with Crippen molar-refractivity contribution in [2.24, 2.45) is 5.92 Å². The van der Waals surface area contributed by atoms with Crippen LogP contribution in [0.15, 0.2) is 60.7 Å². The van der Waals surface area contributed by atoms with Crippen LogP contribution >= 0.6 is 0 Å². The van der Waals surface area contributed by atoms with Gasteiger partial charge in [-0.15, -0.1) is 0 Å². The second kappa shape index (κ2) is 14.4. The number of ether oxygens (including phenoxy) is 1. The molecular weight excluding hydrogens is 631 g/mol. The molecule has 0 atom stereocenters. The maximum Gasteiger partial charge on any atom is 0.432 e. The van der Waals surface area contributed by atoms with Gasteiger partial charge in [0.25, 0.3) is 0 Å². The first-order valence-corrected chi connectivity index (χ1v) is 15.6. The molecule has 1 aliphatic rings. The van der Waals surface area contributed by atoms with Crippen molar-refractivity contribution in [3.05, 3.63) is 124 Å². The van der Waals surface area contributed by atoms with Crippen molar-refractivity contribution in [3.8, 4) is 16.9 Å². The number of hydrogen-bond donors (Lipinski definition) is 0. The van der Waals surface area contributed by atoms with Crippen LogP contribution in [-0.4, -0.2) is 0 Å². The summed E-state index contributed by atoms with van der Waals surface area (Å²) in [4.78, 5) is 0. The minimum absolute atomic E-state index is 0.0842. The molecule has 4 aromatic carbocycles. The minimum Gasteiger partial charge on any atom is -0.429 e. The Bertz CT molecular complexity index is 1640. The summed E-state index contributed by atoms with van der Waals surface area (Å²) in [6, 6.07) is 10.8. The lowest BCUT2D eigenvalue weighted by Gasteiger charge is -2.29. The fourth-order valence-electron chi connectivity index (χ4n) is 6.35. The summed E-state index contributed by atoms with van der Waals surface area (Å²) < 4.78 is 133. The van der Waals surface area contributed by atoms with E-state index in [1.54, 1.807) is 12.1 Å². The third-order valence-corrected chi connectivity index (χ3v) is 8.90. The van der Waals surface area contributed by atoms with Gasteiger partial charge in [0, 0.05) is 24.1 Å². The van der Waals surface area contributed by atoms with Crippen molar-refractivity contribution in [3.63, 3.8) is 0 Å². The zero-order valence-corrected chi connectivity index (χ0v) is 25.6. The van der Waals surface area contributed by atoms with Crippen LogP contribution in [0.1, 0.15) is 86.5 Å². The average Bonchev–Trinajstić information content (AvgIpc) is 3.01. The first kappa shape index (κ1) is 34.4. The molecule has 1 aliphatic carbocycles. The van der Waals surface area contributed by atoms with Crippen LogP contribution in [0.25, 0.3) is 11.1 Å². The highest BCUT2D eigenvalue weighted by molar-refractivity contribution is 5.64. The molecule has 0 spiro atoms. The van der Waals surface area contributed by atoms with Gasteiger partial charge in [0.05, 0.1) is 0 Å². The zero-order chi connectivity index (χ0) is 33.9. The molecule has 5 rings (SSSR count). The van der Waals surface area contributed by atoms with E-state index in [9.17, 15) is 30.7 Å². The van der Waals surface area contributed by atoms with E-state index >= 15 is 8.78 Å². The lowest BCUT2D eigenvalue weighted by molar-refractivity contribution is -0.189. The quantitative estimate of drug-likeness (QED) is 0.0881. The SMILES string of the molecule is CCCCCC1CCC(c2ccc(-c3cc(F)c(Cc4cc(F)c(C(F)(F)Oc5cc(F)c(F)c(F)c5)c(F)c4)c(F)c3)cc2)CC1. The van der Waals surface area contributed by atoms with E-state index in [0.29, 0.717) is 23.6 Å². The van der Waals surface area contributed by atoms with Crippen LogP contribution in [0.5, 0.6) is 5.75 Å². The van der Waals surface area contributed by atoms with Crippen LogP contribution < -0.4 is 4.74 Å². The summed E-state index contributed by atoms with van der Waals surface area (Å²) in [6.07, 6.45) is 4.17. The Morgan fingerprint density at radius 2 is 1.23 bits per heavy atom. The molecule has 0 saturated heterocycles. The highest BCUT2D eigenvalue weighted by Gasteiger charge is 2.41. The Balaban J connectivity index is 1.28. The van der Waals surface area contributed by atoms with Crippen LogP contribution in [-0.2, 0) is 12.5 Å². The Labute approximate surface area is 267 Å². The number of benzene rings is 4.